The van der Waals surface area contributed by atoms with E-state index in [1.165, 1.54) is 7.11 Å². The molecule has 8 heteroatoms. The van der Waals surface area contributed by atoms with Gasteiger partial charge in [0.15, 0.2) is 0 Å². The molecule has 0 aliphatic heterocycles. The monoisotopic (exact) mass is 372 g/mol. The van der Waals surface area contributed by atoms with Crippen LogP contribution in [0.1, 0.15) is 11.1 Å². The predicted octanol–water partition coefficient (Wildman–Crippen LogP) is 2.28. The van der Waals surface area contributed by atoms with E-state index in [-0.39, 0.29) is 11.4 Å². The van der Waals surface area contributed by atoms with Crippen LogP contribution in [0.3, 0.4) is 0 Å². The average Bonchev–Trinajstić information content (AvgIpc) is 3.07. The number of nitrogens with zero attached hydrogens (tertiary/aromatic N) is 3. The molecule has 0 fully saturated rings. The molecule has 0 spiro atoms. The van der Waals surface area contributed by atoms with Crippen molar-refractivity contribution in [2.45, 2.75) is 18.4 Å². The van der Waals surface area contributed by atoms with Gasteiger partial charge >= 0.3 is 0 Å². The molecule has 0 saturated heterocycles. The van der Waals surface area contributed by atoms with Crippen LogP contribution in [0.25, 0.3) is 11.3 Å². The Bertz CT molecular complexity index is 1010. The highest BCUT2D eigenvalue weighted by atomic mass is 32.2. The minimum absolute atomic E-state index is 0.125. The lowest BCUT2D eigenvalue weighted by Crippen LogP contribution is -2.24. The van der Waals surface area contributed by atoms with E-state index in [4.69, 9.17) is 4.74 Å². The molecule has 0 aliphatic carbocycles. The van der Waals surface area contributed by atoms with Gasteiger partial charge in [-0.1, -0.05) is 12.1 Å². The van der Waals surface area contributed by atoms with Gasteiger partial charge in [-0.15, -0.1) is 0 Å². The molecule has 2 aromatic heterocycles. The number of nitrogens with one attached hydrogen (secondary N) is 1. The maximum absolute atomic E-state index is 12.6. The van der Waals surface area contributed by atoms with Crippen molar-refractivity contribution in [3.8, 4) is 17.0 Å². The molecule has 0 atom stereocenters. The van der Waals surface area contributed by atoms with E-state index in [2.05, 4.69) is 14.8 Å². The van der Waals surface area contributed by atoms with Crippen LogP contribution < -0.4 is 9.46 Å². The molecule has 0 aliphatic rings. The highest BCUT2D eigenvalue weighted by Gasteiger charge is 2.19. The summed E-state index contributed by atoms with van der Waals surface area (Å²) in [5, 5.41) is 4.11. The van der Waals surface area contributed by atoms with Gasteiger partial charge in [0.1, 0.15) is 10.6 Å². The fraction of sp³-hybridized carbons (Fsp3) is 0.222. The number of rotatable bonds is 6. The first-order valence-electron chi connectivity index (χ1n) is 7.97. The van der Waals surface area contributed by atoms with Gasteiger partial charge in [-0.05, 0) is 36.2 Å². The normalized spacial score (nSPS) is 11.5. The zero-order chi connectivity index (χ0) is 18.7. The quantitative estimate of drug-likeness (QED) is 0.717. The standard InChI is InChI=1S/C18H20N4O3S/c1-13-4-7-17(25-3)18(8-13)26(23,24)21-10-14-5-6-16(19-9-14)15-11-20-22(2)12-15/h4-9,11-12,21H,10H2,1-3H3. The Morgan fingerprint density at radius 3 is 2.62 bits per heavy atom. The lowest BCUT2D eigenvalue weighted by Gasteiger charge is -2.11. The van der Waals surface area contributed by atoms with Gasteiger partial charge in [0.05, 0.1) is 19.0 Å². The van der Waals surface area contributed by atoms with Crippen molar-refractivity contribution in [1.29, 1.82) is 0 Å². The molecule has 0 radical (unpaired) electrons. The number of aromatic nitrogens is 3. The Kier molecular flexibility index (Phi) is 5.06. The Hall–Kier alpha value is -2.71. The van der Waals surface area contributed by atoms with Crippen molar-refractivity contribution in [3.63, 3.8) is 0 Å². The lowest BCUT2D eigenvalue weighted by molar-refractivity contribution is 0.402. The fourth-order valence-corrected chi connectivity index (χ4v) is 3.77. The summed E-state index contributed by atoms with van der Waals surface area (Å²) in [6.45, 7) is 1.97. The molecular formula is C18H20N4O3S. The maximum Gasteiger partial charge on any atom is 0.244 e. The second-order valence-electron chi connectivity index (χ2n) is 5.93. The van der Waals surface area contributed by atoms with Crippen LogP contribution >= 0.6 is 0 Å². The summed E-state index contributed by atoms with van der Waals surface area (Å²) in [6, 6.07) is 8.72. The van der Waals surface area contributed by atoms with Crippen molar-refractivity contribution in [2.24, 2.45) is 7.05 Å². The fourth-order valence-electron chi connectivity index (χ4n) is 2.50. The van der Waals surface area contributed by atoms with Gasteiger partial charge in [-0.2, -0.15) is 5.10 Å². The Morgan fingerprint density at radius 2 is 2.00 bits per heavy atom. The maximum atomic E-state index is 12.6. The molecule has 3 aromatic rings. The largest absolute Gasteiger partial charge is 0.495 e. The molecule has 7 nitrogen and oxygen atoms in total. The second-order valence-corrected chi connectivity index (χ2v) is 7.67. The van der Waals surface area contributed by atoms with Crippen LogP contribution in [-0.4, -0.2) is 30.3 Å². The summed E-state index contributed by atoms with van der Waals surface area (Å²) >= 11 is 0. The summed E-state index contributed by atoms with van der Waals surface area (Å²) in [6.07, 6.45) is 5.25. The van der Waals surface area contributed by atoms with Crippen molar-refractivity contribution in [1.82, 2.24) is 19.5 Å². The lowest BCUT2D eigenvalue weighted by atomic mass is 10.2. The number of hydrogen-bond donors (Lipinski definition) is 1. The number of pyridine rings is 1. The molecule has 1 N–H and O–H groups in total. The van der Waals surface area contributed by atoms with Crippen molar-refractivity contribution in [2.75, 3.05) is 7.11 Å². The van der Waals surface area contributed by atoms with Gasteiger partial charge in [0.25, 0.3) is 0 Å². The number of benzene rings is 1. The zero-order valence-corrected chi connectivity index (χ0v) is 15.6. The third kappa shape index (κ3) is 3.92. The van der Waals surface area contributed by atoms with E-state index in [1.807, 2.05) is 32.3 Å². The average molecular weight is 372 g/mol. The predicted molar refractivity (Wildman–Crippen MR) is 98.2 cm³/mol. The Labute approximate surface area is 152 Å². The van der Waals surface area contributed by atoms with Crippen molar-refractivity contribution < 1.29 is 13.2 Å². The highest BCUT2D eigenvalue weighted by Crippen LogP contribution is 2.24. The molecule has 0 amide bonds. The number of hydrogen-bond acceptors (Lipinski definition) is 5. The van der Waals surface area contributed by atoms with E-state index < -0.39 is 10.0 Å². The van der Waals surface area contributed by atoms with E-state index >= 15 is 0 Å². The van der Waals surface area contributed by atoms with Gasteiger partial charge < -0.3 is 4.74 Å². The smallest absolute Gasteiger partial charge is 0.244 e. The van der Waals surface area contributed by atoms with Crippen molar-refractivity contribution in [3.05, 3.63) is 60.0 Å². The van der Waals surface area contributed by atoms with Crippen molar-refractivity contribution >= 4 is 10.0 Å². The number of sulfonamides is 1. The summed E-state index contributed by atoms with van der Waals surface area (Å²) in [5.41, 5.74) is 3.29. The molecular weight excluding hydrogens is 352 g/mol. The SMILES string of the molecule is COc1ccc(C)cc1S(=O)(=O)NCc1ccc(-c2cnn(C)c2)nc1. The highest BCUT2D eigenvalue weighted by molar-refractivity contribution is 7.89. The minimum atomic E-state index is -3.70. The van der Waals surface area contributed by atoms with Gasteiger partial charge in [0.2, 0.25) is 10.0 Å². The van der Waals surface area contributed by atoms with Crippen LogP contribution in [-0.2, 0) is 23.6 Å². The summed E-state index contributed by atoms with van der Waals surface area (Å²) < 4.78 is 34.7. The van der Waals surface area contributed by atoms with Gasteiger partial charge in [-0.3, -0.25) is 9.67 Å². The Morgan fingerprint density at radius 1 is 1.19 bits per heavy atom. The van der Waals surface area contributed by atoms with E-state index in [0.717, 1.165) is 22.4 Å². The topological polar surface area (TPSA) is 86.1 Å². The first kappa shape index (κ1) is 18.1. The van der Waals surface area contributed by atoms with E-state index in [0.29, 0.717) is 5.75 Å². The second kappa shape index (κ2) is 7.27. The van der Waals surface area contributed by atoms with Crippen LogP contribution in [0.5, 0.6) is 5.75 Å². The number of methoxy groups -OCH3 is 1. The van der Waals surface area contributed by atoms with Crippen LogP contribution in [0, 0.1) is 6.92 Å². The molecule has 136 valence electrons. The minimum Gasteiger partial charge on any atom is -0.495 e. The molecule has 0 saturated carbocycles. The van der Waals surface area contributed by atoms with E-state index in [1.54, 1.807) is 35.3 Å². The Balaban J connectivity index is 1.75. The third-order valence-corrected chi connectivity index (χ3v) is 5.32. The summed E-state index contributed by atoms with van der Waals surface area (Å²) in [5.74, 6) is 0.313. The molecule has 0 unspecified atom stereocenters. The van der Waals surface area contributed by atoms with Crippen LogP contribution in [0.15, 0.2) is 53.8 Å². The van der Waals surface area contributed by atoms with Gasteiger partial charge in [-0.25, -0.2) is 13.1 Å². The first-order valence-corrected chi connectivity index (χ1v) is 9.45. The number of aryl methyl sites for hydroxylation is 2. The third-order valence-electron chi connectivity index (χ3n) is 3.90. The van der Waals surface area contributed by atoms with E-state index in [9.17, 15) is 8.42 Å². The summed E-state index contributed by atoms with van der Waals surface area (Å²) in [7, 11) is -0.410. The molecule has 26 heavy (non-hydrogen) atoms. The van der Waals surface area contributed by atoms with Crippen LogP contribution in [0.4, 0.5) is 0 Å². The van der Waals surface area contributed by atoms with Crippen LogP contribution in [0.2, 0.25) is 0 Å². The molecule has 2 heterocycles. The van der Waals surface area contributed by atoms with Gasteiger partial charge in [0, 0.05) is 31.5 Å². The first-order chi connectivity index (χ1) is 12.4. The number of ether oxygens (including phenoxy) is 1. The zero-order valence-electron chi connectivity index (χ0n) is 14.8. The molecule has 1 aromatic carbocycles. The summed E-state index contributed by atoms with van der Waals surface area (Å²) in [4.78, 5) is 4.50. The molecule has 0 bridgehead atoms. The molecule has 3 rings (SSSR count).